The molecule has 0 saturated heterocycles. The van der Waals surface area contributed by atoms with E-state index in [1.54, 1.807) is 56.6 Å². The number of anilines is 3. The molecule has 0 aliphatic rings. The molecular weight excluding hydrogens is 364 g/mol. The first kappa shape index (κ1) is 19.9. The first-order valence-electron chi connectivity index (χ1n) is 9.11. The van der Waals surface area contributed by atoms with Crippen LogP contribution in [0.3, 0.4) is 0 Å². The Morgan fingerprint density at radius 2 is 1.69 bits per heavy atom. The highest BCUT2D eigenvalue weighted by Crippen LogP contribution is 2.23. The van der Waals surface area contributed by atoms with Crippen molar-refractivity contribution in [2.24, 2.45) is 4.99 Å². The standard InChI is InChI=1S/C23H24N4O2/c1-14-12-16(24)5-10-19(14)22(26-2)20-13-15(4-11-21(20)25)23(28)27-17-6-8-18(29-3)9-7-17/h4-13H,24-25H2,1-3H3,(H,27,28). The molecule has 3 aromatic rings. The van der Waals surface area contributed by atoms with Crippen molar-refractivity contribution < 1.29 is 9.53 Å². The van der Waals surface area contributed by atoms with Crippen LogP contribution in [0.4, 0.5) is 17.1 Å². The maximum Gasteiger partial charge on any atom is 0.255 e. The number of aryl methyl sites for hydroxylation is 1. The van der Waals surface area contributed by atoms with Crippen LogP contribution in [0.1, 0.15) is 27.0 Å². The van der Waals surface area contributed by atoms with Crippen LogP contribution in [0.15, 0.2) is 65.7 Å². The highest BCUT2D eigenvalue weighted by molar-refractivity contribution is 6.18. The van der Waals surface area contributed by atoms with Gasteiger partial charge in [0.2, 0.25) is 0 Å². The molecule has 0 fully saturated rings. The lowest BCUT2D eigenvalue weighted by molar-refractivity contribution is 0.102. The van der Waals surface area contributed by atoms with Crippen LogP contribution in [0.25, 0.3) is 0 Å². The van der Waals surface area contributed by atoms with Crippen molar-refractivity contribution in [1.82, 2.24) is 0 Å². The molecule has 0 atom stereocenters. The van der Waals surface area contributed by atoms with Gasteiger partial charge in [-0.3, -0.25) is 9.79 Å². The molecule has 0 heterocycles. The predicted octanol–water partition coefficient (Wildman–Crippen LogP) is 3.89. The largest absolute Gasteiger partial charge is 0.497 e. The van der Waals surface area contributed by atoms with Crippen molar-refractivity contribution in [3.05, 3.63) is 82.9 Å². The van der Waals surface area contributed by atoms with Crippen LogP contribution in [0.2, 0.25) is 0 Å². The van der Waals surface area contributed by atoms with E-state index < -0.39 is 0 Å². The third-order valence-corrected chi connectivity index (χ3v) is 4.65. The third kappa shape index (κ3) is 4.38. The highest BCUT2D eigenvalue weighted by Gasteiger charge is 2.16. The van der Waals surface area contributed by atoms with E-state index >= 15 is 0 Å². The minimum atomic E-state index is -0.235. The number of nitrogens with zero attached hydrogens (tertiary/aromatic N) is 1. The number of carbonyl (C=O) groups is 1. The fraction of sp³-hybridized carbons (Fsp3) is 0.130. The SMILES string of the molecule is CN=C(c1ccc(N)cc1C)c1cc(C(=O)Nc2ccc(OC)cc2)ccc1N. The van der Waals surface area contributed by atoms with E-state index in [0.29, 0.717) is 33.9 Å². The van der Waals surface area contributed by atoms with Crippen LogP contribution in [0.5, 0.6) is 5.75 Å². The first-order valence-corrected chi connectivity index (χ1v) is 9.11. The summed E-state index contributed by atoms with van der Waals surface area (Å²) < 4.78 is 5.14. The van der Waals surface area contributed by atoms with Gasteiger partial charge in [0.1, 0.15) is 5.75 Å². The van der Waals surface area contributed by atoms with Crippen molar-refractivity contribution in [2.45, 2.75) is 6.92 Å². The number of methoxy groups -OCH3 is 1. The lowest BCUT2D eigenvalue weighted by atomic mass is 9.95. The summed E-state index contributed by atoms with van der Waals surface area (Å²) in [6.07, 6.45) is 0. The topological polar surface area (TPSA) is 103 Å². The number of aliphatic imine (C=N–C) groups is 1. The quantitative estimate of drug-likeness (QED) is 0.456. The maximum atomic E-state index is 12.8. The molecule has 5 N–H and O–H groups in total. The molecule has 0 bridgehead atoms. The summed E-state index contributed by atoms with van der Waals surface area (Å²) >= 11 is 0. The van der Waals surface area contributed by atoms with Gasteiger partial charge in [-0.1, -0.05) is 6.07 Å². The zero-order valence-corrected chi connectivity index (χ0v) is 16.7. The number of carbonyl (C=O) groups excluding carboxylic acids is 1. The van der Waals surface area contributed by atoms with Gasteiger partial charge in [0.25, 0.3) is 5.91 Å². The van der Waals surface area contributed by atoms with Crippen molar-refractivity contribution >= 4 is 28.7 Å². The molecule has 0 spiro atoms. The van der Waals surface area contributed by atoms with Crippen LogP contribution in [0, 0.1) is 6.92 Å². The predicted molar refractivity (Wildman–Crippen MR) is 119 cm³/mol. The normalized spacial score (nSPS) is 11.2. The molecule has 0 aliphatic carbocycles. The number of nitrogen functional groups attached to an aromatic ring is 2. The van der Waals surface area contributed by atoms with Crippen LogP contribution in [-0.2, 0) is 0 Å². The molecule has 0 saturated carbocycles. The van der Waals surface area contributed by atoms with E-state index in [9.17, 15) is 4.79 Å². The van der Waals surface area contributed by atoms with E-state index in [0.717, 1.165) is 16.9 Å². The van der Waals surface area contributed by atoms with Gasteiger partial charge in [0, 0.05) is 40.8 Å². The molecule has 0 aromatic heterocycles. The molecule has 6 heteroatoms. The van der Waals surface area contributed by atoms with Crippen molar-refractivity contribution in [2.75, 3.05) is 30.9 Å². The molecule has 1 amide bonds. The summed E-state index contributed by atoms with van der Waals surface area (Å²) in [5.74, 6) is 0.487. The average molecular weight is 388 g/mol. The van der Waals surface area contributed by atoms with E-state index in [1.165, 1.54) is 0 Å². The minimum absolute atomic E-state index is 0.235. The Bertz CT molecular complexity index is 1070. The van der Waals surface area contributed by atoms with Crippen LogP contribution < -0.4 is 21.5 Å². The van der Waals surface area contributed by atoms with Crippen molar-refractivity contribution in [3.8, 4) is 5.75 Å². The molecule has 3 aromatic carbocycles. The minimum Gasteiger partial charge on any atom is -0.497 e. The Hall–Kier alpha value is -3.80. The summed E-state index contributed by atoms with van der Waals surface area (Å²) in [4.78, 5) is 17.2. The lowest BCUT2D eigenvalue weighted by Crippen LogP contribution is -2.15. The summed E-state index contributed by atoms with van der Waals surface area (Å²) in [7, 11) is 3.30. The molecular formula is C23H24N4O2. The van der Waals surface area contributed by atoms with E-state index in [2.05, 4.69) is 10.3 Å². The third-order valence-electron chi connectivity index (χ3n) is 4.65. The van der Waals surface area contributed by atoms with Gasteiger partial charge in [-0.25, -0.2) is 0 Å². The second-order valence-corrected chi connectivity index (χ2v) is 6.63. The monoisotopic (exact) mass is 388 g/mol. The van der Waals surface area contributed by atoms with E-state index in [-0.39, 0.29) is 5.91 Å². The number of rotatable bonds is 5. The fourth-order valence-electron chi connectivity index (χ4n) is 3.12. The Morgan fingerprint density at radius 3 is 2.31 bits per heavy atom. The van der Waals surface area contributed by atoms with Crippen LogP contribution in [-0.4, -0.2) is 25.8 Å². The second kappa shape index (κ2) is 8.48. The maximum absolute atomic E-state index is 12.8. The summed E-state index contributed by atoms with van der Waals surface area (Å²) in [6.45, 7) is 1.97. The zero-order valence-electron chi connectivity index (χ0n) is 16.7. The summed E-state index contributed by atoms with van der Waals surface area (Å²) in [5, 5.41) is 2.88. The lowest BCUT2D eigenvalue weighted by Gasteiger charge is -2.14. The van der Waals surface area contributed by atoms with E-state index in [4.69, 9.17) is 16.2 Å². The zero-order chi connectivity index (χ0) is 21.0. The number of benzene rings is 3. The molecule has 148 valence electrons. The number of nitrogens with one attached hydrogen (secondary N) is 1. The van der Waals surface area contributed by atoms with Gasteiger partial charge in [-0.05, 0) is 67.1 Å². The molecule has 29 heavy (non-hydrogen) atoms. The summed E-state index contributed by atoms with van der Waals surface area (Å²) in [5.41, 5.74) is 17.8. The number of ether oxygens (including phenoxy) is 1. The van der Waals surface area contributed by atoms with Gasteiger partial charge in [-0.15, -0.1) is 0 Å². The average Bonchev–Trinajstić information content (AvgIpc) is 2.71. The van der Waals surface area contributed by atoms with Gasteiger partial charge in [-0.2, -0.15) is 0 Å². The molecule has 6 nitrogen and oxygen atoms in total. The summed E-state index contributed by atoms with van der Waals surface area (Å²) in [6, 6.07) is 17.9. The Kier molecular flexibility index (Phi) is 5.83. The van der Waals surface area contributed by atoms with Crippen molar-refractivity contribution in [3.63, 3.8) is 0 Å². The molecule has 0 aliphatic heterocycles. The number of hydrogen-bond acceptors (Lipinski definition) is 5. The smallest absolute Gasteiger partial charge is 0.255 e. The van der Waals surface area contributed by atoms with Crippen LogP contribution >= 0.6 is 0 Å². The number of hydrogen-bond donors (Lipinski definition) is 3. The van der Waals surface area contributed by atoms with Gasteiger partial charge in [0.05, 0.1) is 12.8 Å². The second-order valence-electron chi connectivity index (χ2n) is 6.63. The van der Waals surface area contributed by atoms with Gasteiger partial charge in [0.15, 0.2) is 0 Å². The Balaban J connectivity index is 1.93. The highest BCUT2D eigenvalue weighted by atomic mass is 16.5. The molecule has 0 radical (unpaired) electrons. The van der Waals surface area contributed by atoms with Crippen molar-refractivity contribution in [1.29, 1.82) is 0 Å². The van der Waals surface area contributed by atoms with Gasteiger partial charge < -0.3 is 21.5 Å². The number of nitrogens with two attached hydrogens (primary N) is 2. The van der Waals surface area contributed by atoms with E-state index in [1.807, 2.05) is 25.1 Å². The Labute approximate surface area is 170 Å². The molecule has 0 unspecified atom stereocenters. The van der Waals surface area contributed by atoms with Gasteiger partial charge >= 0.3 is 0 Å². The number of amides is 1. The first-order chi connectivity index (χ1) is 13.9. The molecule has 3 rings (SSSR count). The fourth-order valence-corrected chi connectivity index (χ4v) is 3.12. The Morgan fingerprint density at radius 1 is 0.966 bits per heavy atom.